The van der Waals surface area contributed by atoms with Crippen molar-refractivity contribution in [1.82, 2.24) is 20.8 Å². The zero-order valence-electron chi connectivity index (χ0n) is 10.3. The molecule has 6 heteroatoms. The van der Waals surface area contributed by atoms with Crippen LogP contribution in [0, 0.1) is 5.92 Å². The van der Waals surface area contributed by atoms with Gasteiger partial charge in [0.1, 0.15) is 10.0 Å². The number of hydrogen-bond donors (Lipinski definition) is 2. The van der Waals surface area contributed by atoms with Gasteiger partial charge in [-0.15, -0.1) is 10.2 Å². The third-order valence-electron chi connectivity index (χ3n) is 3.05. The fraction of sp³-hybridized carbons (Fsp3) is 0.308. The molecular weight excluding hydrogens is 260 g/mol. The number of carbonyl (C=O) groups is 1. The molecule has 2 heterocycles. The topological polar surface area (TPSA) is 66.9 Å². The molecule has 0 bridgehead atoms. The Labute approximate surface area is 115 Å². The maximum absolute atomic E-state index is 11.7. The minimum Gasteiger partial charge on any atom is -0.349 e. The molecule has 1 fully saturated rings. The molecule has 0 spiro atoms. The van der Waals surface area contributed by atoms with E-state index in [2.05, 4.69) is 20.8 Å². The van der Waals surface area contributed by atoms with Gasteiger partial charge in [-0.25, -0.2) is 0 Å². The van der Waals surface area contributed by atoms with Gasteiger partial charge in [-0.1, -0.05) is 41.7 Å². The Balaban J connectivity index is 1.60. The van der Waals surface area contributed by atoms with Gasteiger partial charge in [0.15, 0.2) is 0 Å². The van der Waals surface area contributed by atoms with Crippen LogP contribution in [0.2, 0.25) is 0 Å². The summed E-state index contributed by atoms with van der Waals surface area (Å²) >= 11 is 1.51. The van der Waals surface area contributed by atoms with Crippen molar-refractivity contribution >= 4 is 17.2 Å². The van der Waals surface area contributed by atoms with E-state index in [1.807, 2.05) is 30.3 Å². The summed E-state index contributed by atoms with van der Waals surface area (Å²) in [5.41, 5.74) is 1.06. The smallest absolute Gasteiger partial charge is 0.226 e. The van der Waals surface area contributed by atoms with E-state index in [4.69, 9.17) is 0 Å². The molecule has 2 N–H and O–H groups in total. The van der Waals surface area contributed by atoms with Crippen LogP contribution in [0.5, 0.6) is 0 Å². The fourth-order valence-corrected chi connectivity index (χ4v) is 2.59. The summed E-state index contributed by atoms with van der Waals surface area (Å²) in [5.74, 6) is 0.205. The fourth-order valence-electron chi connectivity index (χ4n) is 1.80. The predicted octanol–water partition coefficient (Wildman–Crippen LogP) is 1.04. The van der Waals surface area contributed by atoms with Gasteiger partial charge in [0, 0.05) is 18.7 Å². The molecule has 1 aromatic heterocycles. The van der Waals surface area contributed by atoms with Crippen molar-refractivity contribution in [2.45, 2.75) is 6.54 Å². The first kappa shape index (κ1) is 12.3. The predicted molar refractivity (Wildman–Crippen MR) is 73.6 cm³/mol. The largest absolute Gasteiger partial charge is 0.349 e. The normalized spacial score (nSPS) is 14.9. The second-order valence-electron chi connectivity index (χ2n) is 4.44. The quantitative estimate of drug-likeness (QED) is 0.874. The van der Waals surface area contributed by atoms with Crippen molar-refractivity contribution in [1.29, 1.82) is 0 Å². The number of hydrogen-bond acceptors (Lipinski definition) is 5. The summed E-state index contributed by atoms with van der Waals surface area (Å²) in [4.78, 5) is 11.7. The molecule has 2 aromatic rings. The van der Waals surface area contributed by atoms with Gasteiger partial charge in [0.25, 0.3) is 0 Å². The van der Waals surface area contributed by atoms with Crippen LogP contribution in [0.3, 0.4) is 0 Å². The van der Waals surface area contributed by atoms with E-state index >= 15 is 0 Å². The van der Waals surface area contributed by atoms with Crippen molar-refractivity contribution < 1.29 is 4.79 Å². The average molecular weight is 274 g/mol. The summed E-state index contributed by atoms with van der Waals surface area (Å²) in [7, 11) is 0. The van der Waals surface area contributed by atoms with Crippen molar-refractivity contribution in [3.8, 4) is 10.6 Å². The third kappa shape index (κ3) is 2.80. The van der Waals surface area contributed by atoms with Gasteiger partial charge in [0.05, 0.1) is 12.5 Å². The number of nitrogens with one attached hydrogen (secondary N) is 2. The summed E-state index contributed by atoms with van der Waals surface area (Å²) in [6, 6.07) is 9.92. The SMILES string of the molecule is O=C(NCc1nnc(-c2ccccc2)s1)C1CNC1. The molecule has 1 amide bonds. The number of amides is 1. The molecule has 98 valence electrons. The molecule has 0 radical (unpaired) electrons. The van der Waals surface area contributed by atoms with Gasteiger partial charge in [-0.3, -0.25) is 4.79 Å². The Bertz CT molecular complexity index is 565. The maximum atomic E-state index is 11.7. The summed E-state index contributed by atoms with van der Waals surface area (Å²) < 4.78 is 0. The lowest BCUT2D eigenvalue weighted by molar-refractivity contribution is -0.126. The van der Waals surface area contributed by atoms with E-state index in [9.17, 15) is 4.79 Å². The maximum Gasteiger partial charge on any atom is 0.226 e. The Hall–Kier alpha value is -1.79. The summed E-state index contributed by atoms with van der Waals surface area (Å²) in [5, 5.41) is 15.9. The van der Waals surface area contributed by atoms with Crippen LogP contribution in [-0.4, -0.2) is 29.2 Å². The Morgan fingerprint density at radius 2 is 2.11 bits per heavy atom. The Morgan fingerprint density at radius 1 is 1.32 bits per heavy atom. The number of rotatable bonds is 4. The molecule has 0 atom stereocenters. The lowest BCUT2D eigenvalue weighted by atomic mass is 10.0. The number of aromatic nitrogens is 2. The van der Waals surface area contributed by atoms with Crippen molar-refractivity contribution in [2.24, 2.45) is 5.92 Å². The standard InChI is InChI=1S/C13H14N4OS/c18-12(10-6-14-7-10)15-8-11-16-17-13(19-11)9-4-2-1-3-5-9/h1-5,10,14H,6-8H2,(H,15,18). The highest BCUT2D eigenvalue weighted by Gasteiger charge is 2.24. The molecule has 1 aromatic carbocycles. The van der Waals surface area contributed by atoms with Crippen molar-refractivity contribution in [2.75, 3.05) is 13.1 Å². The molecule has 5 nitrogen and oxygen atoms in total. The Morgan fingerprint density at radius 3 is 2.79 bits per heavy atom. The number of nitrogens with zero attached hydrogens (tertiary/aromatic N) is 2. The minimum atomic E-state index is 0.0928. The van der Waals surface area contributed by atoms with Gasteiger partial charge in [0.2, 0.25) is 5.91 Å². The first-order valence-corrected chi connectivity index (χ1v) is 7.01. The average Bonchev–Trinajstić information content (AvgIpc) is 2.84. The van der Waals surface area contributed by atoms with Crippen LogP contribution in [0.4, 0.5) is 0 Å². The van der Waals surface area contributed by atoms with E-state index in [-0.39, 0.29) is 11.8 Å². The van der Waals surface area contributed by atoms with Crippen LogP contribution < -0.4 is 10.6 Å². The lowest BCUT2D eigenvalue weighted by Crippen LogP contribution is -2.50. The van der Waals surface area contributed by atoms with Crippen molar-refractivity contribution in [3.05, 3.63) is 35.3 Å². The van der Waals surface area contributed by atoms with E-state index in [1.165, 1.54) is 11.3 Å². The van der Waals surface area contributed by atoms with Crippen LogP contribution >= 0.6 is 11.3 Å². The zero-order valence-corrected chi connectivity index (χ0v) is 11.1. The third-order valence-corrected chi connectivity index (χ3v) is 4.03. The monoisotopic (exact) mass is 274 g/mol. The van der Waals surface area contributed by atoms with Crippen LogP contribution in [-0.2, 0) is 11.3 Å². The van der Waals surface area contributed by atoms with Crippen LogP contribution in [0.1, 0.15) is 5.01 Å². The van der Waals surface area contributed by atoms with Gasteiger partial charge in [-0.05, 0) is 0 Å². The summed E-state index contributed by atoms with van der Waals surface area (Å²) in [6.45, 7) is 2.01. The van der Waals surface area contributed by atoms with Gasteiger partial charge >= 0.3 is 0 Å². The minimum absolute atomic E-state index is 0.0928. The van der Waals surface area contributed by atoms with Crippen LogP contribution in [0.15, 0.2) is 30.3 Å². The van der Waals surface area contributed by atoms with Crippen LogP contribution in [0.25, 0.3) is 10.6 Å². The molecule has 1 saturated heterocycles. The van der Waals surface area contributed by atoms with Crippen molar-refractivity contribution in [3.63, 3.8) is 0 Å². The van der Waals surface area contributed by atoms with E-state index in [0.29, 0.717) is 6.54 Å². The second kappa shape index (κ2) is 5.46. The zero-order chi connectivity index (χ0) is 13.1. The molecule has 19 heavy (non-hydrogen) atoms. The molecular formula is C13H14N4OS. The van der Waals surface area contributed by atoms with Gasteiger partial charge in [-0.2, -0.15) is 0 Å². The number of carbonyl (C=O) groups excluding carboxylic acids is 1. The highest BCUT2D eigenvalue weighted by Crippen LogP contribution is 2.22. The molecule has 3 rings (SSSR count). The van der Waals surface area contributed by atoms with E-state index < -0.39 is 0 Å². The Kier molecular flexibility index (Phi) is 3.52. The van der Waals surface area contributed by atoms with E-state index in [0.717, 1.165) is 28.7 Å². The number of benzene rings is 1. The molecule has 0 saturated carbocycles. The first-order chi connectivity index (χ1) is 9.33. The highest BCUT2D eigenvalue weighted by molar-refractivity contribution is 7.14. The molecule has 0 aliphatic carbocycles. The first-order valence-electron chi connectivity index (χ1n) is 6.19. The second-order valence-corrected chi connectivity index (χ2v) is 5.50. The molecule has 1 aliphatic heterocycles. The summed E-state index contributed by atoms with van der Waals surface area (Å²) in [6.07, 6.45) is 0. The lowest BCUT2D eigenvalue weighted by Gasteiger charge is -2.25. The highest BCUT2D eigenvalue weighted by atomic mass is 32.1. The molecule has 0 unspecified atom stereocenters. The van der Waals surface area contributed by atoms with Gasteiger partial charge < -0.3 is 10.6 Å². The molecule has 1 aliphatic rings. The van der Waals surface area contributed by atoms with E-state index in [1.54, 1.807) is 0 Å².